The van der Waals surface area contributed by atoms with E-state index < -0.39 is 11.6 Å². The number of carboxylic acid groups (broad SMARTS) is 1. The molecule has 1 aromatic heterocycles. The molecule has 0 bridgehead atoms. The van der Waals surface area contributed by atoms with E-state index in [9.17, 15) is 23.2 Å². The highest BCUT2D eigenvalue weighted by atomic mass is 79.9. The summed E-state index contributed by atoms with van der Waals surface area (Å²) >= 11 is 10.8. The molecule has 0 aliphatic heterocycles. The van der Waals surface area contributed by atoms with E-state index >= 15 is 0 Å². The number of aromatic nitrogens is 1. The summed E-state index contributed by atoms with van der Waals surface area (Å²) in [5.74, 6) is -0.0594. The molecule has 5 aromatic rings. The largest absolute Gasteiger partial charge is 0.492 e. The standard InChI is InChI=1S/C22H25FN4O2S.C18H29N4O3PS2.C10H10BrFO.C2H4O2/c1-3-14-13-15(5-10-18(14)23)19(28)20-21(24)27-22(30-20)26-16-6-8-17(9-7-16)29-12-11-25-4-2;1-5-22(17(23)25-18(2,3)4)10-11-24-14-8-6-13(7-9-14)20-16(27)21-15(19)28-12-26;1-2-7-5-8(10(13)6-11)3-4-9(7)12;1-2(3)4/h5-10,13,25H,3-4,11-12,24H2,1-2H3,(H,26,27);6-9H,5,10-12,26H2,1-4H3,(H3,19,20,21,27);3-5H,2,6H2,1H3;1H3,(H,3,4). The topological polar surface area (TPSA) is 233 Å². The maximum Gasteiger partial charge on any atom is 0.410 e. The Hall–Kier alpha value is -5.77. The molecule has 23 heteroatoms. The number of thiocarbonyl (C=S) groups is 1. The van der Waals surface area contributed by atoms with Gasteiger partial charge in [-0.1, -0.05) is 59.8 Å². The summed E-state index contributed by atoms with van der Waals surface area (Å²) in [6.07, 6.45) is 0.772. The third-order valence-corrected chi connectivity index (χ3v) is 12.3. The number of rotatable bonds is 20. The van der Waals surface area contributed by atoms with Gasteiger partial charge in [0.1, 0.15) is 52.6 Å². The molecule has 4 aromatic carbocycles. The van der Waals surface area contributed by atoms with E-state index in [1.54, 1.807) is 17.0 Å². The molecule has 8 N–H and O–H groups in total. The molecule has 75 heavy (non-hydrogen) atoms. The van der Waals surface area contributed by atoms with E-state index in [0.29, 0.717) is 87.4 Å². The van der Waals surface area contributed by atoms with Crippen molar-refractivity contribution < 1.29 is 47.3 Å². The molecule has 1 atom stereocenters. The number of aliphatic imine (C=N–C) groups is 1. The first-order valence-electron chi connectivity index (χ1n) is 23.6. The Labute approximate surface area is 462 Å². The molecule has 1 amide bonds. The average molecular weight is 1180 g/mol. The van der Waals surface area contributed by atoms with Crippen molar-refractivity contribution in [2.45, 2.75) is 73.8 Å². The first-order chi connectivity index (χ1) is 35.6. The number of amidine groups is 1. The normalized spacial score (nSPS) is 10.7. The first-order valence-corrected chi connectivity index (χ1v) is 27.8. The van der Waals surface area contributed by atoms with Gasteiger partial charge in [-0.05, 0) is 155 Å². The van der Waals surface area contributed by atoms with Gasteiger partial charge >= 0.3 is 6.09 Å². The van der Waals surface area contributed by atoms with E-state index in [-0.39, 0.29) is 40.4 Å². The predicted octanol–water partition coefficient (Wildman–Crippen LogP) is 11.3. The number of halogens is 3. The summed E-state index contributed by atoms with van der Waals surface area (Å²) in [5.41, 5.74) is 15.6. The number of alkyl halides is 1. The number of thioether (sulfide) groups is 1. The zero-order chi connectivity index (χ0) is 56.1. The first kappa shape index (κ1) is 65.3. The fourth-order valence-electron chi connectivity index (χ4n) is 5.92. The van der Waals surface area contributed by atoms with Crippen molar-refractivity contribution >= 4 is 117 Å². The highest BCUT2D eigenvalue weighted by molar-refractivity contribution is 9.09. The Balaban J connectivity index is 0.000000395. The predicted molar refractivity (Wildman–Crippen MR) is 312 cm³/mol. The van der Waals surface area contributed by atoms with Crippen molar-refractivity contribution in [3.05, 3.63) is 124 Å². The van der Waals surface area contributed by atoms with E-state index in [1.807, 2.05) is 97.0 Å². The van der Waals surface area contributed by atoms with Crippen molar-refractivity contribution in [2.75, 3.05) is 66.6 Å². The van der Waals surface area contributed by atoms with Crippen molar-refractivity contribution in [1.29, 1.82) is 0 Å². The number of nitrogens with two attached hydrogens (primary N) is 2. The van der Waals surface area contributed by atoms with Crippen LogP contribution >= 0.6 is 60.5 Å². The number of hydrogen-bond acceptors (Lipinski definition) is 14. The minimum atomic E-state index is -0.833. The zero-order valence-electron chi connectivity index (χ0n) is 43.4. The van der Waals surface area contributed by atoms with Gasteiger partial charge in [-0.2, -0.15) is 4.99 Å². The second-order valence-electron chi connectivity index (χ2n) is 16.4. The number of likely N-dealkylation sites (N-methyl/N-ethyl adjacent to an activating group) is 2. The fraction of sp³-hybridized carbons (Fsp3) is 0.365. The minimum Gasteiger partial charge on any atom is -0.492 e. The van der Waals surface area contributed by atoms with Crippen LogP contribution in [0.15, 0.2) is 89.9 Å². The van der Waals surface area contributed by atoms with Crippen LogP contribution in [-0.2, 0) is 22.4 Å². The number of nitrogens with zero attached hydrogens (tertiary/aromatic N) is 3. The molecule has 0 saturated heterocycles. The van der Waals surface area contributed by atoms with Crippen LogP contribution in [0, 0.1) is 11.6 Å². The quantitative estimate of drug-likeness (QED) is 0.00809. The van der Waals surface area contributed by atoms with Gasteiger partial charge in [-0.3, -0.25) is 14.4 Å². The summed E-state index contributed by atoms with van der Waals surface area (Å²) in [4.78, 5) is 55.4. The van der Waals surface area contributed by atoms with Crippen LogP contribution in [0.3, 0.4) is 0 Å². The number of carboxylic acids is 1. The van der Waals surface area contributed by atoms with Crippen LogP contribution in [-0.4, -0.2) is 105 Å². The Morgan fingerprint density at radius 3 is 1.92 bits per heavy atom. The number of aliphatic carboxylic acids is 1. The van der Waals surface area contributed by atoms with Crippen molar-refractivity contribution in [2.24, 2.45) is 10.7 Å². The molecule has 0 spiro atoms. The van der Waals surface area contributed by atoms with Crippen molar-refractivity contribution in [3.63, 3.8) is 0 Å². The number of carbonyl (C=O) groups is 4. The van der Waals surface area contributed by atoms with Crippen molar-refractivity contribution in [1.82, 2.24) is 15.2 Å². The monoisotopic (exact) mass is 1180 g/mol. The summed E-state index contributed by atoms with van der Waals surface area (Å²) in [7, 11) is 2.56. The maximum absolute atomic E-state index is 13.7. The Morgan fingerprint density at radius 2 is 1.41 bits per heavy atom. The van der Waals surface area contributed by atoms with E-state index in [4.69, 9.17) is 47.8 Å². The fourth-order valence-corrected chi connectivity index (χ4v) is 8.22. The summed E-state index contributed by atoms with van der Waals surface area (Å²) in [5, 5.41) is 18.3. The number of carbonyl (C=O) groups excluding carboxylic acids is 3. The third-order valence-electron chi connectivity index (χ3n) is 9.53. The Morgan fingerprint density at radius 1 is 0.880 bits per heavy atom. The average Bonchev–Trinajstić information content (AvgIpc) is 3.73. The number of anilines is 4. The van der Waals surface area contributed by atoms with Crippen LogP contribution < -0.4 is 36.9 Å². The van der Waals surface area contributed by atoms with Gasteiger partial charge in [0.2, 0.25) is 5.78 Å². The van der Waals surface area contributed by atoms with Crippen LogP contribution in [0.4, 0.5) is 35.9 Å². The molecule has 16 nitrogen and oxygen atoms in total. The second-order valence-corrected chi connectivity index (χ2v) is 20.4. The number of ketones is 2. The summed E-state index contributed by atoms with van der Waals surface area (Å²) < 4.78 is 43.5. The highest BCUT2D eigenvalue weighted by Crippen LogP contribution is 2.31. The van der Waals surface area contributed by atoms with E-state index in [0.717, 1.165) is 42.6 Å². The van der Waals surface area contributed by atoms with E-state index in [2.05, 4.69) is 51.1 Å². The maximum atomic E-state index is 13.7. The molecule has 5 rings (SSSR count). The molecule has 1 heterocycles. The van der Waals surface area contributed by atoms with Crippen LogP contribution in [0.1, 0.15) is 92.1 Å². The number of nitrogens with one attached hydrogen (secondary N) is 3. The summed E-state index contributed by atoms with van der Waals surface area (Å²) in [6.45, 7) is 17.9. The SMILES string of the molecule is CC(=O)O.CCN(CCOc1ccc(NC(=S)N=C(N)SCP)cc1)C(=O)OC(C)(C)C.CCNCCOc1ccc(Nc2nc(N)c(C(=O)c3ccc(F)c(CC)c3)s2)cc1.CCc1cc(C(=O)CBr)ccc1F. The van der Waals surface area contributed by atoms with Crippen LogP contribution in [0.5, 0.6) is 11.5 Å². The van der Waals surface area contributed by atoms with Gasteiger partial charge in [0.15, 0.2) is 21.2 Å². The van der Waals surface area contributed by atoms with Gasteiger partial charge in [0, 0.05) is 48.0 Å². The number of benzene rings is 4. The smallest absolute Gasteiger partial charge is 0.410 e. The van der Waals surface area contributed by atoms with Gasteiger partial charge in [0.25, 0.3) is 5.97 Å². The second kappa shape index (κ2) is 34.7. The Kier molecular flexibility index (Phi) is 30.3. The van der Waals surface area contributed by atoms with Gasteiger partial charge in [-0.15, -0.1) is 9.24 Å². The lowest BCUT2D eigenvalue weighted by molar-refractivity contribution is -0.134. The molecular weight excluding hydrogens is 1110 g/mol. The minimum absolute atomic E-state index is 0.0188. The molecule has 0 fully saturated rings. The van der Waals surface area contributed by atoms with Gasteiger partial charge in [0.05, 0.1) is 11.9 Å². The lowest BCUT2D eigenvalue weighted by atomic mass is 10.0. The molecule has 1 unspecified atom stereocenters. The van der Waals surface area contributed by atoms with Gasteiger partial charge in [-0.25, -0.2) is 18.6 Å². The molecule has 0 radical (unpaired) electrons. The molecule has 0 aliphatic carbocycles. The lowest BCUT2D eigenvalue weighted by Crippen LogP contribution is -2.38. The molecule has 0 aliphatic rings. The number of amides is 1. The number of aryl methyl sites for hydroxylation is 2. The number of nitrogen functional groups attached to an aromatic ring is 1. The summed E-state index contributed by atoms with van der Waals surface area (Å²) in [6, 6.07) is 23.6. The zero-order valence-corrected chi connectivity index (χ0v) is 48.6. The third kappa shape index (κ3) is 25.5. The lowest BCUT2D eigenvalue weighted by Gasteiger charge is -2.26. The Bertz CT molecular complexity index is 2640. The number of Topliss-reactive ketones (excluding diaryl/α,β-unsaturated/α-hetero) is 1. The number of ether oxygens (including phenoxy) is 3. The van der Waals surface area contributed by atoms with Crippen molar-refractivity contribution in [3.8, 4) is 11.5 Å². The van der Waals surface area contributed by atoms with Crippen LogP contribution in [0.25, 0.3) is 0 Å². The molecule has 0 saturated carbocycles. The van der Waals surface area contributed by atoms with E-state index in [1.165, 1.54) is 47.4 Å². The number of thiazole rings is 1. The van der Waals surface area contributed by atoms with Crippen LogP contribution in [0.2, 0.25) is 0 Å². The molecular formula is C52H68BrF2N8O8PS3. The highest BCUT2D eigenvalue weighted by Gasteiger charge is 2.22. The molecule has 408 valence electrons. The number of hydrogen-bond donors (Lipinski definition) is 6. The van der Waals surface area contributed by atoms with Gasteiger partial charge < -0.3 is 51.6 Å².